The van der Waals surface area contributed by atoms with Gasteiger partial charge in [-0.15, -0.1) is 0 Å². The molecule has 0 spiro atoms. The Morgan fingerprint density at radius 2 is 2.05 bits per heavy atom. The molecule has 0 saturated carbocycles. The third kappa shape index (κ3) is 6.38. The lowest BCUT2D eigenvalue weighted by atomic mass is 10.2. The molecule has 114 valence electrons. The van der Waals surface area contributed by atoms with Gasteiger partial charge in [-0.05, 0) is 25.1 Å². The topological polar surface area (TPSA) is 50.7 Å². The van der Waals surface area contributed by atoms with Gasteiger partial charge < -0.3 is 19.9 Å². The van der Waals surface area contributed by atoms with Crippen molar-refractivity contribution in [3.8, 4) is 0 Å². The zero-order chi connectivity index (χ0) is 15.0. The number of halogens is 2. The van der Waals surface area contributed by atoms with Crippen LogP contribution in [0.5, 0.6) is 0 Å². The Bertz CT molecular complexity index is 404. The summed E-state index contributed by atoms with van der Waals surface area (Å²) in [5.41, 5.74) is 0.228. The maximum absolute atomic E-state index is 13.3. The summed E-state index contributed by atoms with van der Waals surface area (Å²) >= 11 is 0. The average molecular weight is 289 g/mol. The first-order valence-electron chi connectivity index (χ1n) is 6.46. The summed E-state index contributed by atoms with van der Waals surface area (Å²) in [5, 5.41) is 12.5. The Labute approximate surface area is 117 Å². The molecule has 0 aliphatic carbocycles. The van der Waals surface area contributed by atoms with Crippen LogP contribution in [0.25, 0.3) is 0 Å². The summed E-state index contributed by atoms with van der Waals surface area (Å²) in [6, 6.07) is 3.28. The average Bonchev–Trinajstić information content (AvgIpc) is 2.41. The quantitative estimate of drug-likeness (QED) is 0.723. The lowest BCUT2D eigenvalue weighted by Gasteiger charge is -2.16. The van der Waals surface area contributed by atoms with E-state index in [1.165, 1.54) is 0 Å². The van der Waals surface area contributed by atoms with Crippen LogP contribution in [0.15, 0.2) is 18.2 Å². The Balaban J connectivity index is 2.24. The second kappa shape index (κ2) is 8.97. The van der Waals surface area contributed by atoms with Crippen LogP contribution in [0.1, 0.15) is 12.5 Å². The monoisotopic (exact) mass is 289 g/mol. The Hall–Kier alpha value is -1.08. The van der Waals surface area contributed by atoms with Gasteiger partial charge in [-0.3, -0.25) is 0 Å². The van der Waals surface area contributed by atoms with Crippen LogP contribution < -0.4 is 5.32 Å². The fourth-order valence-corrected chi connectivity index (χ4v) is 1.67. The molecular formula is C14H21F2NO3. The van der Waals surface area contributed by atoms with Crippen LogP contribution >= 0.6 is 0 Å². The van der Waals surface area contributed by atoms with Crippen molar-refractivity contribution in [1.29, 1.82) is 0 Å². The number of nitrogens with one attached hydrogen (secondary N) is 1. The van der Waals surface area contributed by atoms with Gasteiger partial charge in [-0.2, -0.15) is 0 Å². The maximum Gasteiger partial charge on any atom is 0.127 e. The summed E-state index contributed by atoms with van der Waals surface area (Å²) in [6.45, 7) is 2.83. The summed E-state index contributed by atoms with van der Waals surface area (Å²) in [5.74, 6) is -0.959. The fourth-order valence-electron chi connectivity index (χ4n) is 1.67. The molecule has 2 N–H and O–H groups in total. The van der Waals surface area contributed by atoms with Gasteiger partial charge in [0.1, 0.15) is 11.6 Å². The highest BCUT2D eigenvalue weighted by atomic mass is 19.1. The third-order valence-electron chi connectivity index (χ3n) is 2.68. The number of hydrogen-bond donors (Lipinski definition) is 2. The van der Waals surface area contributed by atoms with Crippen molar-refractivity contribution in [2.45, 2.75) is 25.7 Å². The van der Waals surface area contributed by atoms with Gasteiger partial charge in [0.2, 0.25) is 0 Å². The van der Waals surface area contributed by atoms with Gasteiger partial charge in [0.05, 0.1) is 25.4 Å². The molecule has 0 aromatic heterocycles. The van der Waals surface area contributed by atoms with Crippen LogP contribution in [-0.4, -0.2) is 44.2 Å². The van der Waals surface area contributed by atoms with Gasteiger partial charge >= 0.3 is 0 Å². The molecule has 20 heavy (non-hydrogen) atoms. The molecule has 0 radical (unpaired) electrons. The van der Waals surface area contributed by atoms with Gasteiger partial charge in [-0.25, -0.2) is 8.78 Å². The molecule has 6 heteroatoms. The van der Waals surface area contributed by atoms with E-state index in [9.17, 15) is 13.9 Å². The van der Waals surface area contributed by atoms with Crippen molar-refractivity contribution in [3.63, 3.8) is 0 Å². The van der Waals surface area contributed by atoms with E-state index >= 15 is 0 Å². The predicted octanol–water partition coefficient (Wildman–Crippen LogP) is 1.47. The largest absolute Gasteiger partial charge is 0.389 e. The van der Waals surface area contributed by atoms with E-state index in [1.807, 2.05) is 6.92 Å². The van der Waals surface area contributed by atoms with E-state index in [-0.39, 0.29) is 31.4 Å². The lowest BCUT2D eigenvalue weighted by molar-refractivity contribution is -0.0311. The summed E-state index contributed by atoms with van der Waals surface area (Å²) in [4.78, 5) is 0. The smallest absolute Gasteiger partial charge is 0.127 e. The number of methoxy groups -OCH3 is 1. The van der Waals surface area contributed by atoms with Gasteiger partial charge in [0.15, 0.2) is 0 Å². The van der Waals surface area contributed by atoms with E-state index in [0.29, 0.717) is 6.61 Å². The zero-order valence-corrected chi connectivity index (χ0v) is 11.7. The predicted molar refractivity (Wildman–Crippen MR) is 71.4 cm³/mol. The molecule has 0 amide bonds. The van der Waals surface area contributed by atoms with Crippen LogP contribution in [0, 0.1) is 11.6 Å². The van der Waals surface area contributed by atoms with E-state index in [2.05, 4.69) is 5.32 Å². The SMILES string of the molecule is COCC(C)OCC(O)CNCc1cc(F)ccc1F. The van der Waals surface area contributed by atoms with Crippen molar-refractivity contribution in [2.75, 3.05) is 26.9 Å². The molecule has 0 bridgehead atoms. The number of rotatable bonds is 9. The first kappa shape index (κ1) is 17.0. The van der Waals surface area contributed by atoms with Gasteiger partial charge in [-0.1, -0.05) is 0 Å². The van der Waals surface area contributed by atoms with Crippen molar-refractivity contribution >= 4 is 0 Å². The molecule has 1 aromatic rings. The minimum atomic E-state index is -0.717. The molecule has 2 unspecified atom stereocenters. The molecule has 2 atom stereocenters. The minimum absolute atomic E-state index is 0.102. The molecule has 0 aliphatic rings. The Morgan fingerprint density at radius 3 is 2.75 bits per heavy atom. The normalized spacial score (nSPS) is 14.2. The molecule has 4 nitrogen and oxygen atoms in total. The Kier molecular flexibility index (Phi) is 7.61. The van der Waals surface area contributed by atoms with E-state index < -0.39 is 17.7 Å². The number of hydrogen-bond acceptors (Lipinski definition) is 4. The number of aliphatic hydroxyl groups is 1. The molecule has 0 heterocycles. The van der Waals surface area contributed by atoms with Crippen molar-refractivity contribution in [3.05, 3.63) is 35.4 Å². The second-order valence-electron chi connectivity index (χ2n) is 4.62. The van der Waals surface area contributed by atoms with E-state index in [0.717, 1.165) is 18.2 Å². The van der Waals surface area contributed by atoms with Crippen LogP contribution in [-0.2, 0) is 16.0 Å². The van der Waals surface area contributed by atoms with Crippen molar-refractivity contribution in [1.82, 2.24) is 5.32 Å². The molecule has 0 saturated heterocycles. The van der Waals surface area contributed by atoms with E-state index in [1.54, 1.807) is 7.11 Å². The van der Waals surface area contributed by atoms with E-state index in [4.69, 9.17) is 9.47 Å². The zero-order valence-electron chi connectivity index (χ0n) is 11.7. The van der Waals surface area contributed by atoms with Crippen molar-refractivity contribution < 1.29 is 23.4 Å². The van der Waals surface area contributed by atoms with Crippen molar-refractivity contribution in [2.24, 2.45) is 0 Å². The van der Waals surface area contributed by atoms with Gasteiger partial charge in [0.25, 0.3) is 0 Å². The van der Waals surface area contributed by atoms with Gasteiger partial charge in [0, 0.05) is 25.8 Å². The fraction of sp³-hybridized carbons (Fsp3) is 0.571. The molecule has 0 aliphatic heterocycles. The first-order chi connectivity index (χ1) is 9.52. The molecule has 1 rings (SSSR count). The van der Waals surface area contributed by atoms with Crippen LogP contribution in [0.3, 0.4) is 0 Å². The molecule has 1 aromatic carbocycles. The standard InChI is InChI=1S/C14H21F2NO3/c1-10(8-19-2)20-9-13(18)7-17-6-11-5-12(15)3-4-14(11)16/h3-5,10,13,17-18H,6-9H2,1-2H3. The number of benzene rings is 1. The second-order valence-corrected chi connectivity index (χ2v) is 4.62. The molecular weight excluding hydrogens is 268 g/mol. The summed E-state index contributed by atoms with van der Waals surface area (Å²) in [6.07, 6.45) is -0.818. The Morgan fingerprint density at radius 1 is 1.30 bits per heavy atom. The summed E-state index contributed by atoms with van der Waals surface area (Å²) < 4.78 is 36.5. The van der Waals surface area contributed by atoms with Crippen LogP contribution in [0.2, 0.25) is 0 Å². The highest BCUT2D eigenvalue weighted by Crippen LogP contribution is 2.09. The maximum atomic E-state index is 13.3. The number of ether oxygens (including phenoxy) is 2. The van der Waals surface area contributed by atoms with Crippen LogP contribution in [0.4, 0.5) is 8.78 Å². The third-order valence-corrected chi connectivity index (χ3v) is 2.68. The lowest BCUT2D eigenvalue weighted by Crippen LogP contribution is -2.32. The highest BCUT2D eigenvalue weighted by molar-refractivity contribution is 5.18. The molecule has 0 fully saturated rings. The first-order valence-corrected chi connectivity index (χ1v) is 6.46. The highest BCUT2D eigenvalue weighted by Gasteiger charge is 2.09. The number of aliphatic hydroxyl groups excluding tert-OH is 1. The minimum Gasteiger partial charge on any atom is -0.389 e. The summed E-state index contributed by atoms with van der Waals surface area (Å²) in [7, 11) is 1.57.